The van der Waals surface area contributed by atoms with Crippen LogP contribution in [0.25, 0.3) is 0 Å². The summed E-state index contributed by atoms with van der Waals surface area (Å²) >= 11 is 0. The van der Waals surface area contributed by atoms with E-state index in [-0.39, 0.29) is 24.5 Å². The minimum absolute atomic E-state index is 0.0763. The van der Waals surface area contributed by atoms with Gasteiger partial charge in [0.05, 0.1) is 5.92 Å². The topological polar surface area (TPSA) is 64.6 Å². The van der Waals surface area contributed by atoms with Crippen LogP contribution < -0.4 is 14.8 Å². The summed E-state index contributed by atoms with van der Waals surface area (Å²) in [5, 5.41) is 2.93. The highest BCUT2D eigenvalue weighted by Crippen LogP contribution is 2.34. The Balaban J connectivity index is 1.39. The molecule has 0 unspecified atom stereocenters. The first-order valence-corrected chi connectivity index (χ1v) is 9.42. The van der Waals surface area contributed by atoms with Crippen LogP contribution in [-0.2, 0) is 16.0 Å². The molecule has 0 saturated heterocycles. The van der Waals surface area contributed by atoms with Gasteiger partial charge in [-0.15, -0.1) is 0 Å². The molecule has 2 aromatic carbocycles. The van der Waals surface area contributed by atoms with Gasteiger partial charge in [-0.1, -0.05) is 24.3 Å². The van der Waals surface area contributed by atoms with E-state index in [0.717, 1.165) is 36.8 Å². The van der Waals surface area contributed by atoms with Crippen molar-refractivity contribution < 1.29 is 19.1 Å². The molecule has 2 aliphatic rings. The Hall–Kier alpha value is -2.82. The maximum Gasteiger partial charge on any atom is 0.231 e. The molecule has 0 bridgehead atoms. The fourth-order valence-corrected chi connectivity index (χ4v) is 3.71. The van der Waals surface area contributed by atoms with Crippen molar-refractivity contribution in [3.8, 4) is 11.5 Å². The smallest absolute Gasteiger partial charge is 0.231 e. The lowest BCUT2D eigenvalue weighted by Gasteiger charge is -2.14. The van der Waals surface area contributed by atoms with Gasteiger partial charge in [0, 0.05) is 24.1 Å². The van der Waals surface area contributed by atoms with E-state index in [1.165, 1.54) is 0 Å². The molecule has 1 aliphatic heterocycles. The largest absolute Gasteiger partial charge is 0.454 e. The zero-order chi connectivity index (χ0) is 18.8. The number of ether oxygens (including phenoxy) is 2. The van der Waals surface area contributed by atoms with E-state index in [1.54, 1.807) is 18.2 Å². The highest BCUT2D eigenvalue weighted by molar-refractivity contribution is 5.95. The molecule has 1 amide bonds. The van der Waals surface area contributed by atoms with E-state index in [9.17, 15) is 9.59 Å². The van der Waals surface area contributed by atoms with Crippen molar-refractivity contribution in [3.05, 3.63) is 53.6 Å². The van der Waals surface area contributed by atoms with Crippen LogP contribution in [0.4, 0.5) is 5.69 Å². The second kappa shape index (κ2) is 7.43. The Morgan fingerprint density at radius 2 is 1.93 bits per heavy atom. The zero-order valence-electron chi connectivity index (χ0n) is 15.4. The minimum atomic E-state index is -0.280. The number of benzene rings is 2. The molecular weight excluding hydrogens is 342 g/mol. The number of amides is 1. The SMILES string of the molecule is C[C@@H](C(=O)Nc1ccc2c(c1)OCO2)c1ccc(C[C@H]2CCCC2=O)cc1. The average Bonchev–Trinajstić information content (AvgIpc) is 3.30. The van der Waals surface area contributed by atoms with Gasteiger partial charge in [-0.2, -0.15) is 0 Å². The molecule has 2 atom stereocenters. The number of ketones is 1. The lowest BCUT2D eigenvalue weighted by atomic mass is 9.94. The molecule has 1 saturated carbocycles. The highest BCUT2D eigenvalue weighted by Gasteiger charge is 2.24. The fourth-order valence-electron chi connectivity index (χ4n) is 3.71. The fraction of sp³-hybridized carbons (Fsp3) is 0.364. The van der Waals surface area contributed by atoms with Crippen LogP contribution in [0, 0.1) is 5.92 Å². The summed E-state index contributed by atoms with van der Waals surface area (Å²) in [6.07, 6.45) is 3.53. The molecule has 1 fully saturated rings. The van der Waals surface area contributed by atoms with Crippen LogP contribution in [0.2, 0.25) is 0 Å². The average molecular weight is 365 g/mol. The molecule has 0 spiro atoms. The van der Waals surface area contributed by atoms with Gasteiger partial charge in [0.15, 0.2) is 11.5 Å². The summed E-state index contributed by atoms with van der Waals surface area (Å²) in [7, 11) is 0. The third-order valence-corrected chi connectivity index (χ3v) is 5.43. The number of anilines is 1. The molecule has 1 N–H and O–H groups in total. The number of hydrogen-bond acceptors (Lipinski definition) is 4. The molecule has 5 nitrogen and oxygen atoms in total. The van der Waals surface area contributed by atoms with Gasteiger partial charge in [0.1, 0.15) is 5.78 Å². The van der Waals surface area contributed by atoms with Crippen molar-refractivity contribution in [1.29, 1.82) is 0 Å². The first-order chi connectivity index (χ1) is 13.1. The van der Waals surface area contributed by atoms with Crippen molar-refractivity contribution in [3.63, 3.8) is 0 Å². The van der Waals surface area contributed by atoms with Crippen molar-refractivity contribution in [1.82, 2.24) is 0 Å². The Morgan fingerprint density at radius 3 is 2.67 bits per heavy atom. The quantitative estimate of drug-likeness (QED) is 0.867. The number of carbonyl (C=O) groups is 2. The summed E-state index contributed by atoms with van der Waals surface area (Å²) in [6.45, 7) is 2.10. The summed E-state index contributed by atoms with van der Waals surface area (Å²) < 4.78 is 10.6. The Kier molecular flexibility index (Phi) is 4.84. The predicted octanol–water partition coefficient (Wildman–Crippen LogP) is 4.07. The number of hydrogen-bond donors (Lipinski definition) is 1. The molecule has 5 heteroatoms. The van der Waals surface area contributed by atoms with E-state index in [2.05, 4.69) is 5.32 Å². The van der Waals surface area contributed by atoms with Crippen LogP contribution in [-0.4, -0.2) is 18.5 Å². The molecule has 1 heterocycles. The monoisotopic (exact) mass is 365 g/mol. The van der Waals surface area contributed by atoms with Crippen molar-refractivity contribution in [2.24, 2.45) is 5.92 Å². The summed E-state index contributed by atoms with van der Waals surface area (Å²) in [5.74, 6) is 1.53. The minimum Gasteiger partial charge on any atom is -0.454 e. The lowest BCUT2D eigenvalue weighted by Crippen LogP contribution is -2.19. The van der Waals surface area contributed by atoms with Crippen molar-refractivity contribution in [2.75, 3.05) is 12.1 Å². The highest BCUT2D eigenvalue weighted by atomic mass is 16.7. The molecular formula is C22H23NO4. The summed E-state index contributed by atoms with van der Waals surface area (Å²) in [4.78, 5) is 24.4. The van der Waals surface area contributed by atoms with Gasteiger partial charge < -0.3 is 14.8 Å². The van der Waals surface area contributed by atoms with Gasteiger partial charge in [0.2, 0.25) is 12.7 Å². The Bertz CT molecular complexity index is 859. The molecule has 140 valence electrons. The van der Waals surface area contributed by atoms with Crippen molar-refractivity contribution in [2.45, 2.75) is 38.5 Å². The van der Waals surface area contributed by atoms with E-state index < -0.39 is 0 Å². The van der Waals surface area contributed by atoms with Crippen LogP contribution >= 0.6 is 0 Å². The van der Waals surface area contributed by atoms with Crippen molar-refractivity contribution >= 4 is 17.4 Å². The molecule has 0 aromatic heterocycles. The maximum absolute atomic E-state index is 12.6. The van der Waals surface area contributed by atoms with E-state index in [4.69, 9.17) is 9.47 Å². The number of nitrogens with one attached hydrogen (secondary N) is 1. The number of rotatable bonds is 5. The van der Waals surface area contributed by atoms with Gasteiger partial charge in [-0.3, -0.25) is 9.59 Å². The van der Waals surface area contributed by atoms with Gasteiger partial charge >= 0.3 is 0 Å². The number of Topliss-reactive ketones (excluding diaryl/α,β-unsaturated/α-hetero) is 1. The Morgan fingerprint density at radius 1 is 1.15 bits per heavy atom. The number of carbonyl (C=O) groups excluding carboxylic acids is 2. The predicted molar refractivity (Wildman–Crippen MR) is 102 cm³/mol. The van der Waals surface area contributed by atoms with Crippen LogP contribution in [0.1, 0.15) is 43.2 Å². The van der Waals surface area contributed by atoms with E-state index in [0.29, 0.717) is 23.0 Å². The van der Waals surface area contributed by atoms with Crippen LogP contribution in [0.15, 0.2) is 42.5 Å². The molecule has 0 radical (unpaired) electrons. The second-order valence-corrected chi connectivity index (χ2v) is 7.28. The van der Waals surface area contributed by atoms with E-state index in [1.807, 2.05) is 31.2 Å². The number of fused-ring (bicyclic) bond motifs is 1. The Labute approximate surface area is 158 Å². The first-order valence-electron chi connectivity index (χ1n) is 9.42. The zero-order valence-corrected chi connectivity index (χ0v) is 15.4. The molecule has 1 aliphatic carbocycles. The van der Waals surface area contributed by atoms with Gasteiger partial charge in [0.25, 0.3) is 0 Å². The first kappa shape index (κ1) is 17.6. The molecule has 27 heavy (non-hydrogen) atoms. The normalized spacial score (nSPS) is 19.1. The third-order valence-electron chi connectivity index (χ3n) is 5.43. The van der Waals surface area contributed by atoms with Crippen LogP contribution in [0.3, 0.4) is 0 Å². The summed E-state index contributed by atoms with van der Waals surface area (Å²) in [5.41, 5.74) is 2.80. The van der Waals surface area contributed by atoms with Crippen LogP contribution in [0.5, 0.6) is 11.5 Å². The summed E-state index contributed by atoms with van der Waals surface area (Å²) in [6, 6.07) is 13.4. The van der Waals surface area contributed by atoms with Gasteiger partial charge in [-0.25, -0.2) is 0 Å². The standard InChI is InChI=1S/C22H23NO4/c1-14(22(25)23-18-9-10-20-21(12-18)27-13-26-20)16-7-5-15(6-8-16)11-17-3-2-4-19(17)24/h5-10,12,14,17H,2-4,11,13H2,1H3,(H,23,25)/t14-,17-/m1/s1. The van der Waals surface area contributed by atoms with E-state index >= 15 is 0 Å². The lowest BCUT2D eigenvalue weighted by molar-refractivity contribution is -0.120. The third kappa shape index (κ3) is 3.82. The molecule has 2 aromatic rings. The maximum atomic E-state index is 12.6. The van der Waals surface area contributed by atoms with Gasteiger partial charge in [-0.05, 0) is 49.4 Å². The second-order valence-electron chi connectivity index (χ2n) is 7.28. The molecule has 4 rings (SSSR count).